The number of epoxide rings is 2. The lowest BCUT2D eigenvalue weighted by atomic mass is 9.65. The molecule has 7 nitrogen and oxygen atoms in total. The fourth-order valence-corrected chi connectivity index (χ4v) is 5.04. The van der Waals surface area contributed by atoms with Crippen LogP contribution < -0.4 is 5.32 Å². The molecule has 0 unspecified atom stereocenters. The average Bonchev–Trinajstić information content (AvgIpc) is 3.53. The van der Waals surface area contributed by atoms with Gasteiger partial charge < -0.3 is 18.9 Å². The van der Waals surface area contributed by atoms with E-state index in [2.05, 4.69) is 26.1 Å². The highest BCUT2D eigenvalue weighted by atomic mass is 35.5. The smallest absolute Gasteiger partial charge is 0.414 e. The van der Waals surface area contributed by atoms with E-state index in [-0.39, 0.29) is 41.1 Å². The number of halogens is 1. The van der Waals surface area contributed by atoms with Gasteiger partial charge in [0.05, 0.1) is 18.6 Å². The lowest BCUT2D eigenvalue weighted by molar-refractivity contribution is -0.140. The van der Waals surface area contributed by atoms with Gasteiger partial charge in [-0.25, -0.2) is 4.79 Å². The number of hydrogen-bond acceptors (Lipinski definition) is 6. The molecule has 8 heteroatoms. The molecule has 3 aliphatic rings. The Hall–Kier alpha value is -0.890. The summed E-state index contributed by atoms with van der Waals surface area (Å²) in [6, 6.07) is 0. The molecule has 0 aromatic rings. The van der Waals surface area contributed by atoms with E-state index in [1.54, 1.807) is 7.11 Å². The number of rotatable bonds is 7. The monoisotopic (exact) mass is 417 g/mol. The highest BCUT2D eigenvalue weighted by Gasteiger charge is 2.73. The van der Waals surface area contributed by atoms with Crippen LogP contribution >= 0.6 is 11.6 Å². The van der Waals surface area contributed by atoms with Crippen LogP contribution in [0.25, 0.3) is 0 Å². The van der Waals surface area contributed by atoms with Crippen LogP contribution in [0.3, 0.4) is 0 Å². The predicted molar refractivity (Wildman–Crippen MR) is 103 cm³/mol. The molecule has 2 saturated heterocycles. The van der Waals surface area contributed by atoms with Gasteiger partial charge in [-0.3, -0.25) is 10.1 Å². The van der Waals surface area contributed by atoms with Crippen LogP contribution in [0, 0.1) is 17.8 Å². The number of alkyl halides is 1. The summed E-state index contributed by atoms with van der Waals surface area (Å²) in [5, 5.41) is 2.14. The summed E-state index contributed by atoms with van der Waals surface area (Å²) >= 11 is 5.45. The van der Waals surface area contributed by atoms with Crippen molar-refractivity contribution in [3.05, 3.63) is 0 Å². The number of hydrogen-bond donors (Lipinski definition) is 1. The lowest BCUT2D eigenvalue weighted by Gasteiger charge is -2.45. The largest absolute Gasteiger partial charge is 0.443 e. The molecule has 160 valence electrons. The van der Waals surface area contributed by atoms with Gasteiger partial charge in [-0.15, -0.1) is 11.6 Å². The van der Waals surface area contributed by atoms with Crippen molar-refractivity contribution in [2.24, 2.45) is 17.8 Å². The number of carbonyl (C=O) groups excluding carboxylic acids is 2. The number of nitrogens with one attached hydrogen (secondary N) is 1. The van der Waals surface area contributed by atoms with Gasteiger partial charge in [-0.2, -0.15) is 0 Å². The molecule has 0 aromatic heterocycles. The lowest BCUT2D eigenvalue weighted by Crippen LogP contribution is -2.59. The fourth-order valence-electron chi connectivity index (χ4n) is 4.97. The Morgan fingerprint density at radius 3 is 2.54 bits per heavy atom. The molecule has 1 spiro atoms. The molecule has 2 amide bonds. The number of methoxy groups -OCH3 is 1. The molecule has 28 heavy (non-hydrogen) atoms. The van der Waals surface area contributed by atoms with E-state index in [0.29, 0.717) is 12.5 Å². The Bertz CT molecular complexity index is 610. The minimum Gasteiger partial charge on any atom is -0.443 e. The second-order valence-electron chi connectivity index (χ2n) is 9.03. The Balaban J connectivity index is 1.75. The molecule has 7 atom stereocenters. The maximum absolute atomic E-state index is 12.1. The van der Waals surface area contributed by atoms with Crippen molar-refractivity contribution in [1.82, 2.24) is 5.32 Å². The van der Waals surface area contributed by atoms with Gasteiger partial charge in [0.25, 0.3) is 0 Å². The van der Waals surface area contributed by atoms with Crippen molar-refractivity contribution < 1.29 is 28.5 Å². The van der Waals surface area contributed by atoms with Gasteiger partial charge in [0.1, 0.15) is 29.3 Å². The maximum atomic E-state index is 12.1. The summed E-state index contributed by atoms with van der Waals surface area (Å²) in [4.78, 5) is 23.5. The maximum Gasteiger partial charge on any atom is 0.414 e. The van der Waals surface area contributed by atoms with E-state index in [0.717, 1.165) is 19.3 Å². The van der Waals surface area contributed by atoms with E-state index in [9.17, 15) is 9.59 Å². The van der Waals surface area contributed by atoms with E-state index in [1.165, 1.54) is 0 Å². The van der Waals surface area contributed by atoms with Crippen molar-refractivity contribution in [1.29, 1.82) is 0 Å². The van der Waals surface area contributed by atoms with Crippen LogP contribution in [0.2, 0.25) is 0 Å². The molecular formula is C20H32ClNO6. The number of alkyl carbamates (subject to hydrolysis) is 1. The minimum atomic E-state index is -0.797. The summed E-state index contributed by atoms with van der Waals surface area (Å²) in [5.74, 6) is -0.291. The van der Waals surface area contributed by atoms with E-state index < -0.39 is 18.1 Å². The van der Waals surface area contributed by atoms with Gasteiger partial charge in [0.15, 0.2) is 0 Å². The number of imide groups is 1. The van der Waals surface area contributed by atoms with Gasteiger partial charge >= 0.3 is 6.09 Å². The zero-order valence-corrected chi connectivity index (χ0v) is 18.1. The van der Waals surface area contributed by atoms with Gasteiger partial charge in [-0.05, 0) is 38.0 Å². The SMILES string of the molecule is CO[C@@H]1[C@H](OC(=O)NC(=O)CCl)[C@H](C)C[C@]2(CO2)[C@H]1[C@@]1(C)O[C@@H]1CCC(C)C. The van der Waals surface area contributed by atoms with Gasteiger partial charge in [0.2, 0.25) is 5.91 Å². The van der Waals surface area contributed by atoms with Crippen LogP contribution in [0.15, 0.2) is 0 Å². The fraction of sp³-hybridized carbons (Fsp3) is 0.900. The molecular weight excluding hydrogens is 386 g/mol. The van der Waals surface area contributed by atoms with Crippen molar-refractivity contribution in [3.8, 4) is 0 Å². The average molecular weight is 418 g/mol. The van der Waals surface area contributed by atoms with Crippen molar-refractivity contribution in [3.63, 3.8) is 0 Å². The molecule has 1 saturated carbocycles. The summed E-state index contributed by atoms with van der Waals surface area (Å²) in [7, 11) is 1.62. The van der Waals surface area contributed by atoms with Gasteiger partial charge in [0, 0.05) is 7.11 Å². The third-order valence-electron chi connectivity index (χ3n) is 6.44. The van der Waals surface area contributed by atoms with Crippen molar-refractivity contribution in [2.45, 2.75) is 76.5 Å². The van der Waals surface area contributed by atoms with Crippen molar-refractivity contribution >= 4 is 23.6 Å². The Morgan fingerprint density at radius 1 is 1.32 bits per heavy atom. The molecule has 3 rings (SSSR count). The zero-order valence-electron chi connectivity index (χ0n) is 17.3. The topological polar surface area (TPSA) is 89.7 Å². The van der Waals surface area contributed by atoms with E-state index >= 15 is 0 Å². The summed E-state index contributed by atoms with van der Waals surface area (Å²) in [6.45, 7) is 9.20. The second kappa shape index (κ2) is 8.09. The first-order valence-electron chi connectivity index (χ1n) is 10.1. The van der Waals surface area contributed by atoms with Crippen LogP contribution in [0.1, 0.15) is 47.0 Å². The molecule has 0 aromatic carbocycles. The summed E-state index contributed by atoms with van der Waals surface area (Å²) < 4.78 is 23.6. The Kier molecular flexibility index (Phi) is 6.30. The second-order valence-corrected chi connectivity index (χ2v) is 9.29. The highest BCUT2D eigenvalue weighted by molar-refractivity contribution is 6.28. The number of amides is 2. The highest BCUT2D eigenvalue weighted by Crippen LogP contribution is 2.60. The predicted octanol–water partition coefficient (Wildman–Crippen LogP) is 2.88. The third-order valence-corrected chi connectivity index (χ3v) is 6.69. The van der Waals surface area contributed by atoms with Crippen LogP contribution in [-0.2, 0) is 23.7 Å². The molecule has 3 fully saturated rings. The zero-order chi connectivity index (χ0) is 20.7. The quantitative estimate of drug-likeness (QED) is 0.506. The normalized spacial score (nSPS) is 41.8. The number of carbonyl (C=O) groups is 2. The molecule has 2 aliphatic heterocycles. The Labute approximate surface area is 171 Å². The summed E-state index contributed by atoms with van der Waals surface area (Å²) in [6.07, 6.45) is 1.32. The molecule has 1 aliphatic carbocycles. The summed E-state index contributed by atoms with van der Waals surface area (Å²) in [5.41, 5.74) is -0.653. The first-order chi connectivity index (χ1) is 13.2. The standard InChI is InChI=1S/C20H32ClNO6/c1-11(2)6-7-13-19(4,28-13)17-16(25-5)15(12(3)8-20(17)10-26-20)27-18(24)22-14(23)9-21/h11-13,15-17H,6-10H2,1-5H3,(H,22,23,24)/t12-,13-,15-,16-,17-,19+,20+/m1/s1. The van der Waals surface area contributed by atoms with E-state index in [1.807, 2.05) is 6.92 Å². The van der Waals surface area contributed by atoms with Gasteiger partial charge in [-0.1, -0.05) is 20.8 Å². The van der Waals surface area contributed by atoms with Crippen molar-refractivity contribution in [2.75, 3.05) is 19.6 Å². The van der Waals surface area contributed by atoms with Crippen LogP contribution in [0.5, 0.6) is 0 Å². The molecule has 0 bridgehead atoms. The van der Waals surface area contributed by atoms with Crippen LogP contribution in [0.4, 0.5) is 4.79 Å². The Morgan fingerprint density at radius 2 is 2.00 bits per heavy atom. The first kappa shape index (κ1) is 21.8. The van der Waals surface area contributed by atoms with E-state index in [4.69, 9.17) is 30.5 Å². The molecule has 0 radical (unpaired) electrons. The van der Waals surface area contributed by atoms with Crippen LogP contribution in [-0.4, -0.2) is 61.1 Å². The molecule has 1 N–H and O–H groups in total. The minimum absolute atomic E-state index is 0.0250. The third kappa shape index (κ3) is 4.18. The first-order valence-corrected chi connectivity index (χ1v) is 10.6. The molecule has 2 heterocycles. The number of ether oxygens (including phenoxy) is 4.